The van der Waals surface area contributed by atoms with E-state index in [0.29, 0.717) is 28.8 Å². The zero-order valence-electron chi connectivity index (χ0n) is 18.1. The average molecular weight is 481 g/mol. The van der Waals surface area contributed by atoms with E-state index in [0.717, 1.165) is 33.8 Å². The molecule has 0 atom stereocenters. The van der Waals surface area contributed by atoms with Crippen LogP contribution in [0.25, 0.3) is 28.0 Å². The maximum absolute atomic E-state index is 12.0. The number of carbonyl (C=O) groups excluding carboxylic acids is 1. The van der Waals surface area contributed by atoms with E-state index >= 15 is 0 Å². The van der Waals surface area contributed by atoms with Crippen LogP contribution < -0.4 is 16.0 Å². The Bertz CT molecular complexity index is 1380. The molecule has 3 N–H and O–H groups in total. The van der Waals surface area contributed by atoms with Crippen LogP contribution in [0.2, 0.25) is 10.0 Å². The number of aromatic nitrogens is 3. The molecule has 2 aromatic heterocycles. The average Bonchev–Trinajstić information content (AvgIpc) is 3.14. The maximum Gasteiger partial charge on any atom is 0.241 e. The van der Waals surface area contributed by atoms with Crippen molar-refractivity contribution >= 4 is 40.6 Å². The van der Waals surface area contributed by atoms with Crippen molar-refractivity contribution in [3.8, 4) is 22.4 Å². The van der Waals surface area contributed by atoms with E-state index in [1.165, 1.54) is 0 Å². The fourth-order valence-electron chi connectivity index (χ4n) is 4.36. The Balaban J connectivity index is 1.74. The number of fused-ring (bicyclic) bond motifs is 1. The van der Waals surface area contributed by atoms with Gasteiger partial charge in [0.25, 0.3) is 0 Å². The lowest BCUT2D eigenvalue weighted by Crippen LogP contribution is -2.74. The first-order valence-electron chi connectivity index (χ1n) is 10.5. The molecule has 0 radical (unpaired) electrons. The number of amides is 1. The molecule has 7 nitrogen and oxygen atoms in total. The number of likely N-dealkylation sites (N-methyl/N-ethyl adjacent to an activating group) is 1. The van der Waals surface area contributed by atoms with Gasteiger partial charge in [-0.2, -0.15) is 9.61 Å². The number of nitrogens with one attached hydrogen (secondary N) is 1. The summed E-state index contributed by atoms with van der Waals surface area (Å²) in [5.41, 5.74) is 9.83. The van der Waals surface area contributed by atoms with Gasteiger partial charge >= 0.3 is 0 Å². The van der Waals surface area contributed by atoms with Crippen LogP contribution in [0.5, 0.6) is 0 Å². The standard InChI is InChI=1S/C24H22Cl2N6O/c1-14-11-29-21-19(15-7-9-16(25)10-8-15)20(17-5-3-4-6-18(17)26)30-32(21)22(14)31-12-24(13-31,28-2)23(27)33/h3-11,28H,12-13H2,1-2H3,(H2,27,33). The first kappa shape index (κ1) is 21.7. The van der Waals surface area contributed by atoms with Crippen LogP contribution in [0.3, 0.4) is 0 Å². The van der Waals surface area contributed by atoms with Gasteiger partial charge in [-0.15, -0.1) is 0 Å². The van der Waals surface area contributed by atoms with E-state index in [4.69, 9.17) is 39.0 Å². The fourth-order valence-corrected chi connectivity index (χ4v) is 4.71. The molecular weight excluding hydrogens is 459 g/mol. The Hall–Kier alpha value is -3.13. The summed E-state index contributed by atoms with van der Waals surface area (Å²) in [5, 5.41) is 9.30. The number of hydrogen-bond acceptors (Lipinski definition) is 5. The van der Waals surface area contributed by atoms with Crippen molar-refractivity contribution in [2.24, 2.45) is 5.73 Å². The Kier molecular flexibility index (Phi) is 5.28. The zero-order valence-corrected chi connectivity index (χ0v) is 19.7. The molecule has 33 heavy (non-hydrogen) atoms. The van der Waals surface area contributed by atoms with Crippen molar-refractivity contribution in [2.75, 3.05) is 25.0 Å². The number of nitrogens with zero attached hydrogens (tertiary/aromatic N) is 4. The number of rotatable bonds is 5. The van der Waals surface area contributed by atoms with Gasteiger partial charge in [-0.1, -0.05) is 53.5 Å². The van der Waals surface area contributed by atoms with E-state index in [2.05, 4.69) is 10.2 Å². The number of primary amides is 1. The largest absolute Gasteiger partial charge is 0.368 e. The van der Waals surface area contributed by atoms with E-state index in [9.17, 15) is 4.79 Å². The predicted molar refractivity (Wildman–Crippen MR) is 132 cm³/mol. The molecule has 0 bridgehead atoms. The van der Waals surface area contributed by atoms with Crippen LogP contribution in [-0.2, 0) is 4.79 Å². The SMILES string of the molecule is CNC1(C(N)=O)CN(c2c(C)cnc3c(-c4ccc(Cl)cc4)c(-c4ccccc4Cl)nn23)C1. The molecule has 168 valence electrons. The number of hydrogen-bond donors (Lipinski definition) is 2. The van der Waals surface area contributed by atoms with Gasteiger partial charge in [-0.3, -0.25) is 4.79 Å². The lowest BCUT2D eigenvalue weighted by atomic mass is 9.89. The first-order valence-corrected chi connectivity index (χ1v) is 11.2. The minimum atomic E-state index is -0.764. The third kappa shape index (κ3) is 3.44. The summed E-state index contributed by atoms with van der Waals surface area (Å²) in [5.74, 6) is 0.490. The Morgan fingerprint density at radius 1 is 1.12 bits per heavy atom. The zero-order chi connectivity index (χ0) is 23.3. The van der Waals surface area contributed by atoms with Crippen molar-refractivity contribution in [1.82, 2.24) is 19.9 Å². The molecule has 1 saturated heterocycles. The molecule has 1 amide bonds. The number of aryl methyl sites for hydroxylation is 1. The molecule has 1 aliphatic rings. The molecule has 4 aromatic rings. The second-order valence-corrected chi connectivity index (χ2v) is 9.11. The summed E-state index contributed by atoms with van der Waals surface area (Å²) in [4.78, 5) is 18.8. The van der Waals surface area contributed by atoms with Gasteiger partial charge < -0.3 is 16.0 Å². The van der Waals surface area contributed by atoms with Crippen LogP contribution in [-0.4, -0.2) is 46.2 Å². The number of nitrogens with two attached hydrogens (primary N) is 1. The van der Waals surface area contributed by atoms with Crippen molar-refractivity contribution in [2.45, 2.75) is 12.5 Å². The highest BCUT2D eigenvalue weighted by Crippen LogP contribution is 2.40. The second kappa shape index (κ2) is 8.02. The summed E-state index contributed by atoms with van der Waals surface area (Å²) < 4.78 is 1.83. The molecule has 0 spiro atoms. The molecule has 0 aliphatic carbocycles. The van der Waals surface area contributed by atoms with Crippen LogP contribution in [0, 0.1) is 6.92 Å². The van der Waals surface area contributed by atoms with Gasteiger partial charge in [0.2, 0.25) is 5.91 Å². The van der Waals surface area contributed by atoms with Crippen molar-refractivity contribution < 1.29 is 4.79 Å². The van der Waals surface area contributed by atoms with Crippen molar-refractivity contribution in [3.63, 3.8) is 0 Å². The van der Waals surface area contributed by atoms with Gasteiger partial charge in [0.15, 0.2) is 5.65 Å². The van der Waals surface area contributed by atoms with Gasteiger partial charge in [0, 0.05) is 35.4 Å². The first-order chi connectivity index (χ1) is 15.8. The second-order valence-electron chi connectivity index (χ2n) is 8.26. The summed E-state index contributed by atoms with van der Waals surface area (Å²) in [6.45, 7) is 2.86. The lowest BCUT2D eigenvalue weighted by Gasteiger charge is -2.49. The molecule has 1 aliphatic heterocycles. The molecule has 0 unspecified atom stereocenters. The minimum absolute atomic E-state index is 0.372. The third-order valence-corrected chi connectivity index (χ3v) is 6.81. The highest BCUT2D eigenvalue weighted by molar-refractivity contribution is 6.33. The summed E-state index contributed by atoms with van der Waals surface area (Å²) in [7, 11) is 1.75. The monoisotopic (exact) mass is 480 g/mol. The molecule has 3 heterocycles. The van der Waals surface area contributed by atoms with Gasteiger partial charge in [0.1, 0.15) is 17.1 Å². The van der Waals surface area contributed by atoms with Crippen LogP contribution in [0.4, 0.5) is 5.82 Å². The molecule has 9 heteroatoms. The molecule has 0 saturated carbocycles. The lowest BCUT2D eigenvalue weighted by molar-refractivity contribution is -0.125. The molecule has 1 fully saturated rings. The molecule has 5 rings (SSSR count). The topological polar surface area (TPSA) is 88.5 Å². The number of carbonyl (C=O) groups is 1. The van der Waals surface area contributed by atoms with E-state index in [-0.39, 0.29) is 5.91 Å². The summed E-state index contributed by atoms with van der Waals surface area (Å²) >= 11 is 12.7. The molecule has 2 aromatic carbocycles. The number of benzene rings is 2. The van der Waals surface area contributed by atoms with E-state index in [1.54, 1.807) is 7.05 Å². The van der Waals surface area contributed by atoms with Gasteiger partial charge in [-0.25, -0.2) is 4.98 Å². The van der Waals surface area contributed by atoms with Gasteiger partial charge in [0.05, 0.1) is 10.6 Å². The Morgan fingerprint density at radius 3 is 2.45 bits per heavy atom. The Labute approximate surface area is 201 Å². The van der Waals surface area contributed by atoms with E-state index in [1.807, 2.05) is 66.2 Å². The summed E-state index contributed by atoms with van der Waals surface area (Å²) in [6, 6.07) is 15.2. The number of halogens is 2. The van der Waals surface area contributed by atoms with Crippen molar-refractivity contribution in [1.29, 1.82) is 0 Å². The molecular formula is C24H22Cl2N6O. The highest BCUT2D eigenvalue weighted by Gasteiger charge is 2.48. The minimum Gasteiger partial charge on any atom is -0.368 e. The summed E-state index contributed by atoms with van der Waals surface area (Å²) in [6.07, 6.45) is 1.83. The smallest absolute Gasteiger partial charge is 0.241 e. The Morgan fingerprint density at radius 2 is 1.82 bits per heavy atom. The highest BCUT2D eigenvalue weighted by atomic mass is 35.5. The fraction of sp³-hybridized carbons (Fsp3) is 0.208. The van der Waals surface area contributed by atoms with Crippen molar-refractivity contribution in [3.05, 3.63) is 70.3 Å². The van der Waals surface area contributed by atoms with Crippen LogP contribution in [0.15, 0.2) is 54.7 Å². The normalized spacial score (nSPS) is 15.0. The van der Waals surface area contributed by atoms with Crippen LogP contribution in [0.1, 0.15) is 5.56 Å². The van der Waals surface area contributed by atoms with Crippen LogP contribution >= 0.6 is 23.2 Å². The number of anilines is 1. The van der Waals surface area contributed by atoms with Gasteiger partial charge in [-0.05, 0) is 37.7 Å². The third-order valence-electron chi connectivity index (χ3n) is 6.23. The maximum atomic E-state index is 12.0. The van der Waals surface area contributed by atoms with E-state index < -0.39 is 5.54 Å². The predicted octanol–water partition coefficient (Wildman–Crippen LogP) is 3.94. The quantitative estimate of drug-likeness (QED) is 0.451.